The Labute approximate surface area is 320 Å². The molecule has 4 aromatic rings. The molecule has 0 saturated carbocycles. The number of nitrogens with zero attached hydrogens (tertiary/aromatic N) is 1. The van der Waals surface area contributed by atoms with Crippen LogP contribution in [0.25, 0.3) is 21.9 Å². The summed E-state index contributed by atoms with van der Waals surface area (Å²) in [5, 5.41) is 18.4. The molecule has 0 unspecified atom stereocenters. The van der Waals surface area contributed by atoms with E-state index < -0.39 is 8.07 Å². The van der Waals surface area contributed by atoms with E-state index in [2.05, 4.69) is 140 Å². The third kappa shape index (κ3) is 7.68. The van der Waals surface area contributed by atoms with Crippen LogP contribution in [0.4, 0.5) is 0 Å². The molecule has 2 aliphatic heterocycles. The minimum atomic E-state index is -1.17. The molecule has 0 bridgehead atoms. The van der Waals surface area contributed by atoms with Crippen molar-refractivity contribution >= 4 is 36.2 Å². The van der Waals surface area contributed by atoms with Crippen LogP contribution in [0.1, 0.15) is 91.5 Å². The summed E-state index contributed by atoms with van der Waals surface area (Å²) >= 11 is 6.38. The molecule has 0 amide bonds. The predicted octanol–water partition coefficient (Wildman–Crippen LogP) is 12.2. The van der Waals surface area contributed by atoms with Crippen LogP contribution in [0.2, 0.25) is 18.1 Å². The molecule has 3 aliphatic rings. The van der Waals surface area contributed by atoms with Crippen molar-refractivity contribution < 1.29 is 31.3 Å². The van der Waals surface area contributed by atoms with Crippen LogP contribution in [0.15, 0.2) is 106 Å². The first kappa shape index (κ1) is 39.1. The van der Waals surface area contributed by atoms with Gasteiger partial charge in [-0.2, -0.15) is 6.07 Å². The Morgan fingerprint density at radius 3 is 1.98 bits per heavy atom. The number of hydrogen-bond donors (Lipinski definition) is 0. The zero-order valence-corrected chi connectivity index (χ0v) is 36.0. The Hall–Kier alpha value is -2.65. The minimum absolute atomic E-state index is 0. The Balaban J connectivity index is 0.000000169. The fourth-order valence-electron chi connectivity index (χ4n) is 7.22. The predicted molar refractivity (Wildman–Crippen MR) is 210 cm³/mol. The first-order valence-corrected chi connectivity index (χ1v) is 20.5. The van der Waals surface area contributed by atoms with E-state index >= 15 is 0 Å². The molecule has 2 nitrogen and oxygen atoms in total. The van der Waals surface area contributed by atoms with Crippen LogP contribution in [0, 0.1) is 6.92 Å². The number of halogens is 1. The van der Waals surface area contributed by atoms with Crippen LogP contribution in [-0.2, 0) is 42.4 Å². The molecular weight excluding hydrogens is 713 g/mol. The summed E-state index contributed by atoms with van der Waals surface area (Å²) < 4.78 is 0. The molecule has 49 heavy (non-hydrogen) atoms. The summed E-state index contributed by atoms with van der Waals surface area (Å²) in [7, 11) is -1.17. The average Bonchev–Trinajstić information content (AvgIpc) is 3.61. The van der Waals surface area contributed by atoms with E-state index in [1.807, 2.05) is 26.8 Å². The van der Waals surface area contributed by atoms with Crippen LogP contribution < -0.4 is 5.11 Å². The van der Waals surface area contributed by atoms with Gasteiger partial charge in [-0.15, -0.1) is 40.3 Å². The Morgan fingerprint density at radius 2 is 1.41 bits per heavy atom. The van der Waals surface area contributed by atoms with Crippen molar-refractivity contribution in [2.75, 3.05) is 0 Å². The molecule has 5 heteroatoms. The van der Waals surface area contributed by atoms with E-state index in [0.29, 0.717) is 5.02 Å². The number of allylic oxidation sites excluding steroid dienone is 4. The average molecular weight is 766 g/mol. The van der Waals surface area contributed by atoms with Gasteiger partial charge >= 0.3 is 26.2 Å². The SMILES string of the molecule is CC(C)(C)c1ccc([O-])c(C(C)(C)C)c1Cl.CC1=NC2=CC=C3C2=C1[Si]3(C)C.Cc1cc2c(-c3ccc(C(C)(C)C)cc3)cccc2[cH-]1.[Zr+2]. The standard InChI is InChI=1S/C20H21.C14H21ClO.C10H11NSi.Zr/c1-14-12-16-6-5-7-18(19(16)13-14)15-8-10-17(11-9-15)20(2,3)4;1-13(2,3)9-7-8-10(16)11(12(9)15)14(4,5)6;1-6-10-9-7(11-6)4-5-8(9)12(10,2)3;/h5-13H,1-4H3;7-8,16H,1-6H3;4-5H,1-3H3;/q-1;;;+2/p-1. The summed E-state index contributed by atoms with van der Waals surface area (Å²) in [6.45, 7) is 28.3. The molecule has 1 aliphatic carbocycles. The summed E-state index contributed by atoms with van der Waals surface area (Å²) in [6.07, 6.45) is 4.44. The van der Waals surface area contributed by atoms with Gasteiger partial charge in [-0.1, -0.05) is 148 Å². The van der Waals surface area contributed by atoms with Crippen molar-refractivity contribution in [1.82, 2.24) is 0 Å². The van der Waals surface area contributed by atoms with E-state index in [1.54, 1.807) is 16.5 Å². The molecule has 0 radical (unpaired) electrons. The first-order chi connectivity index (χ1) is 22.1. The Morgan fingerprint density at radius 1 is 0.776 bits per heavy atom. The summed E-state index contributed by atoms with van der Waals surface area (Å²) in [5.74, 6) is 0.0329. The molecule has 254 valence electrons. The van der Waals surface area contributed by atoms with Gasteiger partial charge in [-0.05, 0) is 61.9 Å². The van der Waals surface area contributed by atoms with Crippen LogP contribution in [-0.4, -0.2) is 13.8 Å². The second-order valence-electron chi connectivity index (χ2n) is 17.2. The van der Waals surface area contributed by atoms with Crippen molar-refractivity contribution in [3.8, 4) is 16.9 Å². The molecule has 2 heterocycles. The molecule has 0 aromatic heterocycles. The monoisotopic (exact) mass is 763 g/mol. The van der Waals surface area contributed by atoms with Gasteiger partial charge < -0.3 is 5.11 Å². The number of rotatable bonds is 1. The summed E-state index contributed by atoms with van der Waals surface area (Å²) in [4.78, 5) is 4.56. The smallest absolute Gasteiger partial charge is 0.872 e. The van der Waals surface area contributed by atoms with E-state index in [1.165, 1.54) is 50.0 Å². The van der Waals surface area contributed by atoms with E-state index in [9.17, 15) is 5.11 Å². The zero-order chi connectivity index (χ0) is 35.6. The largest absolute Gasteiger partial charge is 2.00 e. The quantitative estimate of drug-likeness (QED) is 0.140. The number of hydrogen-bond acceptors (Lipinski definition) is 2. The third-order valence-electron chi connectivity index (χ3n) is 9.75. The molecule has 4 aromatic carbocycles. The first-order valence-electron chi connectivity index (χ1n) is 17.1. The molecule has 0 saturated heterocycles. The van der Waals surface area contributed by atoms with Gasteiger partial charge in [0, 0.05) is 16.3 Å². The second-order valence-corrected chi connectivity index (χ2v) is 21.8. The second kappa shape index (κ2) is 13.8. The molecule has 0 fully saturated rings. The molecule has 0 spiro atoms. The fourth-order valence-corrected chi connectivity index (χ4v) is 11.3. The van der Waals surface area contributed by atoms with Gasteiger partial charge in [-0.3, -0.25) is 4.99 Å². The van der Waals surface area contributed by atoms with E-state index in [4.69, 9.17) is 11.6 Å². The van der Waals surface area contributed by atoms with Crippen molar-refractivity contribution in [3.05, 3.63) is 128 Å². The van der Waals surface area contributed by atoms with Gasteiger partial charge in [0.05, 0.1) is 5.70 Å². The minimum Gasteiger partial charge on any atom is -0.872 e. The van der Waals surface area contributed by atoms with Crippen LogP contribution >= 0.6 is 11.6 Å². The normalized spacial score (nSPS) is 15.9. The van der Waals surface area contributed by atoms with Crippen LogP contribution in [0.3, 0.4) is 0 Å². The Kier molecular flexibility index (Phi) is 11.0. The van der Waals surface area contributed by atoms with Gasteiger partial charge in [0.2, 0.25) is 0 Å². The zero-order valence-electron chi connectivity index (χ0n) is 31.7. The Bertz CT molecular complexity index is 2020. The maximum atomic E-state index is 11.9. The van der Waals surface area contributed by atoms with Gasteiger partial charge in [0.1, 0.15) is 8.07 Å². The van der Waals surface area contributed by atoms with Crippen molar-refractivity contribution in [2.24, 2.45) is 4.99 Å². The van der Waals surface area contributed by atoms with Crippen molar-refractivity contribution in [3.63, 3.8) is 0 Å². The molecule has 7 rings (SSSR count). The summed E-state index contributed by atoms with van der Waals surface area (Å²) in [6, 6.07) is 23.6. The molecule has 0 atom stereocenters. The maximum Gasteiger partial charge on any atom is 2.00 e. The number of aliphatic imine (C=N–C) groups is 1. The summed E-state index contributed by atoms with van der Waals surface area (Å²) in [5.41, 5.74) is 11.1. The third-order valence-corrected chi connectivity index (χ3v) is 13.8. The van der Waals surface area contributed by atoms with E-state index in [0.717, 1.165) is 11.1 Å². The number of aryl methyl sites for hydroxylation is 1. The fraction of sp³-hybridized carbons (Fsp3) is 0.364. The van der Waals surface area contributed by atoms with Crippen molar-refractivity contribution in [1.29, 1.82) is 0 Å². The topological polar surface area (TPSA) is 35.4 Å². The van der Waals surface area contributed by atoms with Gasteiger partial charge in [-0.25, -0.2) is 0 Å². The van der Waals surface area contributed by atoms with E-state index in [-0.39, 0.29) is 48.2 Å². The van der Waals surface area contributed by atoms with Crippen molar-refractivity contribution in [2.45, 2.75) is 106 Å². The number of benzene rings is 3. The molecular formula is C44H52ClNOSiZr. The maximum absolute atomic E-state index is 11.9. The van der Waals surface area contributed by atoms with Gasteiger partial charge in [0.25, 0.3) is 0 Å². The van der Waals surface area contributed by atoms with Crippen LogP contribution in [0.5, 0.6) is 5.75 Å². The molecule has 0 N–H and O–H groups in total. The number of fused-ring (bicyclic) bond motifs is 1. The van der Waals surface area contributed by atoms with Gasteiger partial charge in [0.15, 0.2) is 0 Å².